The molecule has 0 saturated heterocycles. The van der Waals surface area contributed by atoms with Gasteiger partial charge < -0.3 is 10.1 Å². The van der Waals surface area contributed by atoms with Crippen LogP contribution in [0.5, 0.6) is 0 Å². The molecule has 4 heteroatoms. The Morgan fingerprint density at radius 1 is 1.69 bits per heavy atom. The molecule has 3 nitrogen and oxygen atoms in total. The number of rotatable bonds is 6. The summed E-state index contributed by atoms with van der Waals surface area (Å²) in [6.45, 7) is 0.840. The van der Waals surface area contributed by atoms with E-state index in [2.05, 4.69) is 22.1 Å². The lowest BCUT2D eigenvalue weighted by Crippen LogP contribution is -2.40. The van der Waals surface area contributed by atoms with E-state index in [9.17, 15) is 4.79 Å². The highest BCUT2D eigenvalue weighted by Crippen LogP contribution is 2.33. The summed E-state index contributed by atoms with van der Waals surface area (Å²) in [7, 11) is 1.46. The predicted molar refractivity (Wildman–Crippen MR) is 64.6 cm³/mol. The van der Waals surface area contributed by atoms with Crippen molar-refractivity contribution in [2.24, 2.45) is 5.92 Å². The molecular weight excluding hydrogens is 222 g/mol. The van der Waals surface area contributed by atoms with E-state index in [1.54, 1.807) is 11.3 Å². The second kappa shape index (κ2) is 5.46. The van der Waals surface area contributed by atoms with Crippen LogP contribution in [-0.4, -0.2) is 25.7 Å². The lowest BCUT2D eigenvalue weighted by Gasteiger charge is -2.15. The molecular formula is C12H17NO2S. The highest BCUT2D eigenvalue weighted by Gasteiger charge is 2.36. The molecule has 1 N–H and O–H groups in total. The third kappa shape index (κ3) is 3.06. The molecule has 1 saturated carbocycles. The Bertz CT molecular complexity index is 333. The van der Waals surface area contributed by atoms with Crippen molar-refractivity contribution in [1.82, 2.24) is 5.32 Å². The Kier molecular flexibility index (Phi) is 3.96. The molecule has 1 fully saturated rings. The van der Waals surface area contributed by atoms with Crippen molar-refractivity contribution in [1.29, 1.82) is 0 Å². The van der Waals surface area contributed by atoms with Crippen LogP contribution in [0.1, 0.15) is 18.4 Å². The van der Waals surface area contributed by atoms with Crippen LogP contribution in [0.2, 0.25) is 0 Å². The second-order valence-corrected chi connectivity index (χ2v) is 4.95. The van der Waals surface area contributed by atoms with Crippen LogP contribution in [0, 0.1) is 5.92 Å². The van der Waals surface area contributed by atoms with Crippen molar-refractivity contribution in [3.8, 4) is 0 Å². The van der Waals surface area contributed by atoms with Crippen LogP contribution in [0.4, 0.5) is 0 Å². The number of hydrogen-bond donors (Lipinski definition) is 1. The normalized spacial score (nSPS) is 17.1. The Morgan fingerprint density at radius 3 is 3.06 bits per heavy atom. The smallest absolute Gasteiger partial charge is 0.323 e. The quantitative estimate of drug-likeness (QED) is 0.770. The molecule has 0 aliphatic heterocycles. The van der Waals surface area contributed by atoms with Gasteiger partial charge in [0.2, 0.25) is 0 Å². The molecule has 16 heavy (non-hydrogen) atoms. The third-order valence-electron chi connectivity index (χ3n) is 2.91. The van der Waals surface area contributed by atoms with E-state index < -0.39 is 0 Å². The number of carbonyl (C=O) groups excluding carboxylic acids is 1. The monoisotopic (exact) mass is 239 g/mol. The molecule has 1 aromatic heterocycles. The Hall–Kier alpha value is -0.870. The Balaban J connectivity index is 1.76. The zero-order valence-corrected chi connectivity index (χ0v) is 10.3. The fraction of sp³-hybridized carbons (Fsp3) is 0.583. The minimum atomic E-state index is -0.118. The van der Waals surface area contributed by atoms with E-state index >= 15 is 0 Å². The van der Waals surface area contributed by atoms with Crippen molar-refractivity contribution in [2.45, 2.75) is 25.3 Å². The van der Waals surface area contributed by atoms with Gasteiger partial charge in [-0.3, -0.25) is 4.79 Å². The molecule has 1 aliphatic carbocycles. The molecule has 2 rings (SSSR count). The summed E-state index contributed by atoms with van der Waals surface area (Å²) in [5, 5.41) is 7.52. The van der Waals surface area contributed by atoms with Crippen LogP contribution >= 0.6 is 11.3 Å². The van der Waals surface area contributed by atoms with Gasteiger partial charge in [-0.1, -0.05) is 0 Å². The van der Waals surface area contributed by atoms with Crippen molar-refractivity contribution >= 4 is 17.3 Å². The fourth-order valence-electron chi connectivity index (χ4n) is 1.81. The summed E-state index contributed by atoms with van der Waals surface area (Å²) in [6.07, 6.45) is 3.26. The van der Waals surface area contributed by atoms with E-state index in [1.807, 2.05) is 0 Å². The number of ether oxygens (including phenoxy) is 1. The van der Waals surface area contributed by atoms with Crippen molar-refractivity contribution in [2.75, 3.05) is 13.7 Å². The van der Waals surface area contributed by atoms with E-state index in [4.69, 9.17) is 4.74 Å². The maximum Gasteiger partial charge on any atom is 0.323 e. The van der Waals surface area contributed by atoms with Gasteiger partial charge in [-0.25, -0.2) is 0 Å². The highest BCUT2D eigenvalue weighted by molar-refractivity contribution is 7.07. The minimum Gasteiger partial charge on any atom is -0.468 e. The number of hydrogen-bond acceptors (Lipinski definition) is 4. The van der Waals surface area contributed by atoms with Gasteiger partial charge in [0, 0.05) is 6.54 Å². The lowest BCUT2D eigenvalue weighted by molar-refractivity contribution is -0.143. The van der Waals surface area contributed by atoms with Gasteiger partial charge in [-0.15, -0.1) is 0 Å². The van der Waals surface area contributed by atoms with Crippen molar-refractivity contribution in [3.05, 3.63) is 22.4 Å². The predicted octanol–water partition coefficient (Wildman–Crippen LogP) is 1.83. The molecule has 0 bridgehead atoms. The molecule has 1 heterocycles. The summed E-state index contributed by atoms with van der Waals surface area (Å²) < 4.78 is 4.80. The largest absolute Gasteiger partial charge is 0.468 e. The van der Waals surface area contributed by atoms with Gasteiger partial charge in [0.05, 0.1) is 7.11 Å². The number of esters is 1. The number of methoxy groups -OCH3 is 1. The van der Waals surface area contributed by atoms with E-state index in [0.29, 0.717) is 5.92 Å². The first-order chi connectivity index (χ1) is 7.81. The first-order valence-electron chi connectivity index (χ1n) is 5.63. The molecule has 0 amide bonds. The van der Waals surface area contributed by atoms with Gasteiger partial charge in [0.25, 0.3) is 0 Å². The van der Waals surface area contributed by atoms with E-state index in [0.717, 1.165) is 25.8 Å². The summed E-state index contributed by atoms with van der Waals surface area (Å²) in [4.78, 5) is 11.5. The summed E-state index contributed by atoms with van der Waals surface area (Å²) >= 11 is 1.71. The van der Waals surface area contributed by atoms with Crippen molar-refractivity contribution in [3.63, 3.8) is 0 Å². The molecule has 0 aromatic carbocycles. The first-order valence-corrected chi connectivity index (χ1v) is 6.58. The maximum absolute atomic E-state index is 11.5. The van der Waals surface area contributed by atoms with Crippen LogP contribution in [0.15, 0.2) is 16.8 Å². The summed E-state index contributed by atoms with van der Waals surface area (Å²) in [5.74, 6) is 0.378. The van der Waals surface area contributed by atoms with E-state index in [1.165, 1.54) is 12.7 Å². The van der Waals surface area contributed by atoms with Crippen LogP contribution in [-0.2, 0) is 16.0 Å². The average Bonchev–Trinajstić information content (AvgIpc) is 3.00. The minimum absolute atomic E-state index is 0.0939. The molecule has 1 unspecified atom stereocenters. The average molecular weight is 239 g/mol. The van der Waals surface area contributed by atoms with Gasteiger partial charge in [0.15, 0.2) is 0 Å². The molecule has 88 valence electrons. The van der Waals surface area contributed by atoms with E-state index in [-0.39, 0.29) is 12.0 Å². The molecule has 1 atom stereocenters. The first kappa shape index (κ1) is 11.6. The maximum atomic E-state index is 11.5. The zero-order chi connectivity index (χ0) is 11.4. The van der Waals surface area contributed by atoms with Gasteiger partial charge in [-0.05, 0) is 47.6 Å². The topological polar surface area (TPSA) is 38.3 Å². The summed E-state index contributed by atoms with van der Waals surface area (Å²) in [6, 6.07) is 2.03. The number of thiophene rings is 1. The number of nitrogens with one attached hydrogen (secondary N) is 1. The van der Waals surface area contributed by atoms with Gasteiger partial charge in [-0.2, -0.15) is 11.3 Å². The molecule has 0 spiro atoms. The highest BCUT2D eigenvalue weighted by atomic mass is 32.1. The number of carbonyl (C=O) groups is 1. The van der Waals surface area contributed by atoms with Gasteiger partial charge >= 0.3 is 5.97 Å². The van der Waals surface area contributed by atoms with Crippen LogP contribution < -0.4 is 5.32 Å². The zero-order valence-electron chi connectivity index (χ0n) is 9.44. The van der Waals surface area contributed by atoms with Crippen LogP contribution in [0.3, 0.4) is 0 Å². The molecule has 1 aromatic rings. The third-order valence-corrected chi connectivity index (χ3v) is 3.64. The fourth-order valence-corrected chi connectivity index (χ4v) is 2.51. The van der Waals surface area contributed by atoms with Crippen LogP contribution in [0.25, 0.3) is 0 Å². The second-order valence-electron chi connectivity index (χ2n) is 4.17. The lowest BCUT2D eigenvalue weighted by atomic mass is 10.1. The SMILES string of the molecule is COC(=O)C(NCCc1ccsc1)C1CC1. The molecule has 0 radical (unpaired) electrons. The Labute approximate surface area is 99.8 Å². The summed E-state index contributed by atoms with van der Waals surface area (Å²) in [5.41, 5.74) is 1.33. The van der Waals surface area contributed by atoms with Gasteiger partial charge in [0.1, 0.15) is 6.04 Å². The standard InChI is InChI=1S/C12H17NO2S/c1-15-12(14)11(10-2-3-10)13-6-4-9-5-7-16-8-9/h5,7-8,10-11,13H,2-4,6H2,1H3. The molecule has 1 aliphatic rings. The van der Waals surface area contributed by atoms with Crippen molar-refractivity contribution < 1.29 is 9.53 Å². The Morgan fingerprint density at radius 2 is 2.50 bits per heavy atom.